The van der Waals surface area contributed by atoms with Gasteiger partial charge in [-0.1, -0.05) is 6.07 Å². The van der Waals surface area contributed by atoms with Gasteiger partial charge in [0.2, 0.25) is 0 Å². The van der Waals surface area contributed by atoms with Crippen LogP contribution in [0.15, 0.2) is 36.4 Å². The van der Waals surface area contributed by atoms with E-state index in [0.717, 1.165) is 11.3 Å². The van der Waals surface area contributed by atoms with E-state index in [2.05, 4.69) is 5.32 Å². The smallest absolute Gasteiger partial charge is 0.163 e. The number of fused-ring (bicyclic) bond motifs is 1. The zero-order chi connectivity index (χ0) is 13.9. The summed E-state index contributed by atoms with van der Waals surface area (Å²) >= 11 is 0. The standard InChI is InChI=1S/C15H15FN2O2/c16-12-7-10(9-17)1-3-13(12)18-11-2-4-14-15(8-11)20-6-5-19-14/h1-4,7-8,18H,5-6,9,17H2. The molecule has 0 aliphatic carbocycles. The van der Waals surface area contributed by atoms with E-state index in [4.69, 9.17) is 15.2 Å². The van der Waals surface area contributed by atoms with Gasteiger partial charge in [-0.25, -0.2) is 4.39 Å². The summed E-state index contributed by atoms with van der Waals surface area (Å²) in [5.74, 6) is 1.05. The van der Waals surface area contributed by atoms with Gasteiger partial charge in [-0.05, 0) is 29.8 Å². The molecule has 20 heavy (non-hydrogen) atoms. The number of rotatable bonds is 3. The second-order valence-electron chi connectivity index (χ2n) is 4.50. The molecule has 0 radical (unpaired) electrons. The molecule has 0 saturated heterocycles. The second-order valence-corrected chi connectivity index (χ2v) is 4.50. The van der Waals surface area contributed by atoms with Gasteiger partial charge >= 0.3 is 0 Å². The summed E-state index contributed by atoms with van der Waals surface area (Å²) in [6, 6.07) is 10.3. The van der Waals surface area contributed by atoms with Gasteiger partial charge in [0.1, 0.15) is 19.0 Å². The van der Waals surface area contributed by atoms with E-state index in [1.165, 1.54) is 6.07 Å². The van der Waals surface area contributed by atoms with Crippen molar-refractivity contribution >= 4 is 11.4 Å². The van der Waals surface area contributed by atoms with Crippen LogP contribution in [0.1, 0.15) is 5.56 Å². The van der Waals surface area contributed by atoms with E-state index < -0.39 is 0 Å². The Morgan fingerprint density at radius 2 is 1.85 bits per heavy atom. The maximum Gasteiger partial charge on any atom is 0.163 e. The molecule has 5 heteroatoms. The van der Waals surface area contributed by atoms with Crippen LogP contribution in [0.25, 0.3) is 0 Å². The topological polar surface area (TPSA) is 56.5 Å². The van der Waals surface area contributed by atoms with Crippen molar-refractivity contribution in [2.45, 2.75) is 6.54 Å². The number of nitrogens with two attached hydrogens (primary N) is 1. The van der Waals surface area contributed by atoms with Crippen LogP contribution in [0.4, 0.5) is 15.8 Å². The molecule has 104 valence electrons. The molecule has 1 heterocycles. The first-order chi connectivity index (χ1) is 9.76. The highest BCUT2D eigenvalue weighted by atomic mass is 19.1. The predicted molar refractivity (Wildman–Crippen MR) is 75.0 cm³/mol. The Kier molecular flexibility index (Phi) is 3.43. The van der Waals surface area contributed by atoms with Crippen LogP contribution >= 0.6 is 0 Å². The first-order valence-corrected chi connectivity index (χ1v) is 6.41. The lowest BCUT2D eigenvalue weighted by Crippen LogP contribution is -2.15. The van der Waals surface area contributed by atoms with Crippen LogP contribution in [0.3, 0.4) is 0 Å². The minimum atomic E-state index is -0.331. The molecule has 2 aromatic carbocycles. The van der Waals surface area contributed by atoms with E-state index in [9.17, 15) is 4.39 Å². The monoisotopic (exact) mass is 274 g/mol. The van der Waals surface area contributed by atoms with Crippen molar-refractivity contribution in [2.24, 2.45) is 5.73 Å². The fourth-order valence-corrected chi connectivity index (χ4v) is 2.06. The van der Waals surface area contributed by atoms with Crippen LogP contribution < -0.4 is 20.5 Å². The minimum absolute atomic E-state index is 0.321. The maximum absolute atomic E-state index is 13.9. The van der Waals surface area contributed by atoms with Crippen molar-refractivity contribution in [1.29, 1.82) is 0 Å². The van der Waals surface area contributed by atoms with E-state index in [1.807, 2.05) is 12.1 Å². The van der Waals surface area contributed by atoms with Crippen molar-refractivity contribution in [2.75, 3.05) is 18.5 Å². The largest absolute Gasteiger partial charge is 0.486 e. The number of halogens is 1. The fourth-order valence-electron chi connectivity index (χ4n) is 2.06. The molecule has 2 aromatic rings. The van der Waals surface area contributed by atoms with Crippen molar-refractivity contribution < 1.29 is 13.9 Å². The molecule has 4 nitrogen and oxygen atoms in total. The summed E-state index contributed by atoms with van der Waals surface area (Å²) in [6.45, 7) is 1.40. The number of hydrogen-bond donors (Lipinski definition) is 2. The Morgan fingerprint density at radius 3 is 2.60 bits per heavy atom. The molecule has 0 aromatic heterocycles. The zero-order valence-corrected chi connectivity index (χ0v) is 10.9. The second kappa shape index (κ2) is 5.38. The van der Waals surface area contributed by atoms with Crippen LogP contribution in [0.5, 0.6) is 11.5 Å². The first-order valence-electron chi connectivity index (χ1n) is 6.41. The summed E-state index contributed by atoms with van der Waals surface area (Å²) in [7, 11) is 0. The third-order valence-electron chi connectivity index (χ3n) is 3.09. The molecule has 0 unspecified atom stereocenters. The van der Waals surface area contributed by atoms with Gasteiger partial charge in [0, 0.05) is 18.3 Å². The highest BCUT2D eigenvalue weighted by Crippen LogP contribution is 2.34. The normalized spacial score (nSPS) is 13.1. The summed E-state index contributed by atoms with van der Waals surface area (Å²) in [6.07, 6.45) is 0. The van der Waals surface area contributed by atoms with Gasteiger partial charge in [-0.15, -0.1) is 0 Å². The Bertz CT molecular complexity index is 631. The average molecular weight is 274 g/mol. The van der Waals surface area contributed by atoms with Crippen LogP contribution in [-0.2, 0) is 6.54 Å². The highest BCUT2D eigenvalue weighted by Gasteiger charge is 2.12. The van der Waals surface area contributed by atoms with Gasteiger partial charge in [-0.2, -0.15) is 0 Å². The van der Waals surface area contributed by atoms with Crippen molar-refractivity contribution in [3.63, 3.8) is 0 Å². The van der Waals surface area contributed by atoms with Crippen molar-refractivity contribution in [3.05, 3.63) is 47.8 Å². The van der Waals surface area contributed by atoms with E-state index in [-0.39, 0.29) is 5.82 Å². The van der Waals surface area contributed by atoms with Gasteiger partial charge < -0.3 is 20.5 Å². The van der Waals surface area contributed by atoms with Crippen molar-refractivity contribution in [3.8, 4) is 11.5 Å². The molecule has 3 N–H and O–H groups in total. The number of nitrogens with one attached hydrogen (secondary N) is 1. The molecule has 0 spiro atoms. The molecule has 1 aliphatic heterocycles. The van der Waals surface area contributed by atoms with Crippen molar-refractivity contribution in [1.82, 2.24) is 0 Å². The van der Waals surface area contributed by atoms with E-state index in [1.54, 1.807) is 18.2 Å². The number of anilines is 2. The van der Waals surface area contributed by atoms with Gasteiger partial charge in [-0.3, -0.25) is 0 Å². The van der Waals surface area contributed by atoms with Crippen LogP contribution in [0.2, 0.25) is 0 Å². The zero-order valence-electron chi connectivity index (χ0n) is 10.9. The number of benzene rings is 2. The summed E-state index contributed by atoms with van der Waals surface area (Å²) in [5, 5.41) is 3.02. The third-order valence-corrected chi connectivity index (χ3v) is 3.09. The highest BCUT2D eigenvalue weighted by molar-refractivity contribution is 5.64. The minimum Gasteiger partial charge on any atom is -0.486 e. The van der Waals surface area contributed by atoms with Crippen LogP contribution in [0, 0.1) is 5.82 Å². The molecule has 0 saturated carbocycles. The number of ether oxygens (including phenoxy) is 2. The van der Waals surface area contributed by atoms with Gasteiger partial charge in [0.05, 0.1) is 5.69 Å². The SMILES string of the molecule is NCc1ccc(Nc2ccc3c(c2)OCCO3)c(F)c1. The summed E-state index contributed by atoms with van der Waals surface area (Å²) in [4.78, 5) is 0. The van der Waals surface area contributed by atoms with E-state index in [0.29, 0.717) is 36.9 Å². The quantitative estimate of drug-likeness (QED) is 0.903. The van der Waals surface area contributed by atoms with Gasteiger partial charge in [0.25, 0.3) is 0 Å². The molecular formula is C15H15FN2O2. The average Bonchev–Trinajstić information content (AvgIpc) is 2.49. The molecule has 0 amide bonds. The molecule has 1 aliphatic rings. The number of hydrogen-bond acceptors (Lipinski definition) is 4. The molecule has 0 atom stereocenters. The van der Waals surface area contributed by atoms with Gasteiger partial charge in [0.15, 0.2) is 11.5 Å². The Morgan fingerprint density at radius 1 is 1.05 bits per heavy atom. The lowest BCUT2D eigenvalue weighted by Gasteiger charge is -2.19. The Labute approximate surface area is 116 Å². The fraction of sp³-hybridized carbons (Fsp3) is 0.200. The first kappa shape index (κ1) is 12.7. The lowest BCUT2D eigenvalue weighted by atomic mass is 10.2. The summed E-state index contributed by atoms with van der Waals surface area (Å²) < 4.78 is 24.8. The Balaban J connectivity index is 1.84. The third kappa shape index (κ3) is 2.53. The molecule has 0 bridgehead atoms. The van der Waals surface area contributed by atoms with E-state index >= 15 is 0 Å². The molecule has 0 fully saturated rings. The molecular weight excluding hydrogens is 259 g/mol. The maximum atomic E-state index is 13.9. The summed E-state index contributed by atoms with van der Waals surface area (Å²) in [5.41, 5.74) is 7.39. The molecule has 3 rings (SSSR count). The lowest BCUT2D eigenvalue weighted by molar-refractivity contribution is 0.171. The predicted octanol–water partition coefficient (Wildman–Crippen LogP) is 2.80. The Hall–Kier alpha value is -2.27. The van der Waals surface area contributed by atoms with Crippen LogP contribution in [-0.4, -0.2) is 13.2 Å².